The molecule has 0 spiro atoms. The zero-order valence-electron chi connectivity index (χ0n) is 13.0. The summed E-state index contributed by atoms with van der Waals surface area (Å²) in [6, 6.07) is 13.2. The van der Waals surface area contributed by atoms with E-state index < -0.39 is 0 Å². The summed E-state index contributed by atoms with van der Waals surface area (Å²) in [4.78, 5) is 16.0. The summed E-state index contributed by atoms with van der Waals surface area (Å²) in [5.41, 5.74) is 0.945. The zero-order valence-corrected chi connectivity index (χ0v) is 13.0. The van der Waals surface area contributed by atoms with Crippen LogP contribution in [0, 0.1) is 5.92 Å². The van der Waals surface area contributed by atoms with Gasteiger partial charge >= 0.3 is 0 Å². The van der Waals surface area contributed by atoms with Crippen LogP contribution in [0.3, 0.4) is 0 Å². The van der Waals surface area contributed by atoms with Gasteiger partial charge in [0.2, 0.25) is 11.8 Å². The lowest BCUT2D eigenvalue weighted by Crippen LogP contribution is -2.34. The number of hydrogen-bond donors (Lipinski definition) is 2. The molecule has 0 bridgehead atoms. The fourth-order valence-corrected chi connectivity index (χ4v) is 2.16. The number of rotatable bonds is 8. The van der Waals surface area contributed by atoms with Crippen LogP contribution in [-0.4, -0.2) is 24.0 Å². The lowest BCUT2D eigenvalue weighted by molar-refractivity contribution is -0.120. The number of carbonyl (C=O) groups excluding carboxylic acids is 1. The fourth-order valence-electron chi connectivity index (χ4n) is 2.16. The molecule has 1 aromatic carbocycles. The van der Waals surface area contributed by atoms with Crippen molar-refractivity contribution in [2.24, 2.45) is 5.92 Å². The average molecular weight is 311 g/mol. The normalized spacial score (nSPS) is 13.6. The third kappa shape index (κ3) is 5.38. The van der Waals surface area contributed by atoms with Gasteiger partial charge in [0.15, 0.2) is 0 Å². The van der Waals surface area contributed by atoms with Crippen molar-refractivity contribution in [3.8, 4) is 11.6 Å². The van der Waals surface area contributed by atoms with Crippen LogP contribution in [0.25, 0.3) is 0 Å². The molecule has 2 aromatic rings. The highest BCUT2D eigenvalue weighted by molar-refractivity contribution is 5.77. The second kappa shape index (κ2) is 7.74. The van der Waals surface area contributed by atoms with E-state index in [1.807, 2.05) is 36.4 Å². The molecule has 1 heterocycles. The van der Waals surface area contributed by atoms with Gasteiger partial charge in [-0.15, -0.1) is 0 Å². The largest absolute Gasteiger partial charge is 0.439 e. The molecule has 1 saturated carbocycles. The minimum atomic E-state index is 0.00950. The smallest absolute Gasteiger partial charge is 0.234 e. The van der Waals surface area contributed by atoms with Gasteiger partial charge in [-0.05, 0) is 43.0 Å². The fraction of sp³-hybridized carbons (Fsp3) is 0.333. The van der Waals surface area contributed by atoms with Crippen molar-refractivity contribution in [1.82, 2.24) is 15.6 Å². The van der Waals surface area contributed by atoms with E-state index in [4.69, 9.17) is 4.74 Å². The summed E-state index contributed by atoms with van der Waals surface area (Å²) in [6.07, 6.45) is 4.30. The lowest BCUT2D eigenvalue weighted by atomic mass is 10.3. The Morgan fingerprint density at radius 1 is 1.17 bits per heavy atom. The molecule has 0 radical (unpaired) electrons. The Hall–Kier alpha value is -2.40. The summed E-state index contributed by atoms with van der Waals surface area (Å²) in [5.74, 6) is 2.08. The molecular weight excluding hydrogens is 290 g/mol. The molecule has 5 heteroatoms. The number of nitrogens with one attached hydrogen (secondary N) is 2. The van der Waals surface area contributed by atoms with Gasteiger partial charge in [0, 0.05) is 18.8 Å². The monoisotopic (exact) mass is 311 g/mol. The topological polar surface area (TPSA) is 63.2 Å². The number of amides is 1. The molecule has 2 N–H and O–H groups in total. The first-order valence-corrected chi connectivity index (χ1v) is 7.95. The van der Waals surface area contributed by atoms with E-state index in [1.165, 1.54) is 12.8 Å². The molecule has 0 unspecified atom stereocenters. The molecule has 1 aliphatic rings. The number of benzene rings is 1. The second-order valence-electron chi connectivity index (χ2n) is 5.77. The lowest BCUT2D eigenvalue weighted by Gasteiger charge is -2.08. The van der Waals surface area contributed by atoms with Crippen LogP contribution in [-0.2, 0) is 11.3 Å². The second-order valence-corrected chi connectivity index (χ2v) is 5.77. The van der Waals surface area contributed by atoms with Gasteiger partial charge in [-0.1, -0.05) is 24.3 Å². The Bertz CT molecular complexity index is 624. The van der Waals surface area contributed by atoms with Crippen molar-refractivity contribution in [1.29, 1.82) is 0 Å². The summed E-state index contributed by atoms with van der Waals surface area (Å²) < 4.78 is 5.63. The van der Waals surface area contributed by atoms with E-state index in [2.05, 4.69) is 15.6 Å². The minimum Gasteiger partial charge on any atom is -0.439 e. The third-order valence-electron chi connectivity index (χ3n) is 3.67. The molecule has 23 heavy (non-hydrogen) atoms. The highest BCUT2D eigenvalue weighted by Crippen LogP contribution is 2.27. The maximum absolute atomic E-state index is 11.7. The van der Waals surface area contributed by atoms with E-state index in [0.717, 1.165) is 23.8 Å². The number of carbonyl (C=O) groups is 1. The summed E-state index contributed by atoms with van der Waals surface area (Å²) in [6.45, 7) is 1.79. The molecular formula is C18H21N3O2. The van der Waals surface area contributed by atoms with Crippen LogP contribution < -0.4 is 15.4 Å². The first kappa shape index (κ1) is 15.5. The molecule has 0 aliphatic heterocycles. The van der Waals surface area contributed by atoms with Crippen molar-refractivity contribution < 1.29 is 9.53 Å². The predicted octanol–water partition coefficient (Wildman–Crippen LogP) is 2.49. The van der Waals surface area contributed by atoms with Gasteiger partial charge in [-0.2, -0.15) is 0 Å². The van der Waals surface area contributed by atoms with Crippen molar-refractivity contribution >= 4 is 5.91 Å². The maximum Gasteiger partial charge on any atom is 0.234 e. The molecule has 0 saturated heterocycles. The summed E-state index contributed by atoms with van der Waals surface area (Å²) in [5, 5.41) is 6.05. The number of hydrogen-bond acceptors (Lipinski definition) is 4. The SMILES string of the molecule is O=C(CNCC1CC1)NCc1ccc(Oc2ccccc2)nc1. The number of aromatic nitrogens is 1. The van der Waals surface area contributed by atoms with Crippen LogP contribution in [0.15, 0.2) is 48.7 Å². The molecule has 1 aliphatic carbocycles. The van der Waals surface area contributed by atoms with Crippen LogP contribution in [0.5, 0.6) is 11.6 Å². The van der Waals surface area contributed by atoms with Crippen LogP contribution >= 0.6 is 0 Å². The van der Waals surface area contributed by atoms with Crippen LogP contribution in [0.2, 0.25) is 0 Å². The Morgan fingerprint density at radius 2 is 2.00 bits per heavy atom. The third-order valence-corrected chi connectivity index (χ3v) is 3.67. The first-order chi connectivity index (χ1) is 11.3. The Morgan fingerprint density at radius 3 is 2.70 bits per heavy atom. The Kier molecular flexibility index (Phi) is 5.21. The summed E-state index contributed by atoms with van der Waals surface area (Å²) in [7, 11) is 0. The Labute approximate surface area is 136 Å². The summed E-state index contributed by atoms with van der Waals surface area (Å²) >= 11 is 0. The van der Waals surface area contributed by atoms with E-state index in [0.29, 0.717) is 19.0 Å². The minimum absolute atomic E-state index is 0.00950. The van der Waals surface area contributed by atoms with Crippen molar-refractivity contribution in [2.45, 2.75) is 19.4 Å². The van der Waals surface area contributed by atoms with E-state index in [9.17, 15) is 4.79 Å². The van der Waals surface area contributed by atoms with Crippen molar-refractivity contribution in [2.75, 3.05) is 13.1 Å². The van der Waals surface area contributed by atoms with Crippen LogP contribution in [0.1, 0.15) is 18.4 Å². The van der Waals surface area contributed by atoms with Gasteiger partial charge in [-0.25, -0.2) is 4.98 Å². The van der Waals surface area contributed by atoms with Gasteiger partial charge in [0.25, 0.3) is 0 Å². The molecule has 1 fully saturated rings. The zero-order chi connectivity index (χ0) is 15.9. The maximum atomic E-state index is 11.7. The van der Waals surface area contributed by atoms with Crippen molar-refractivity contribution in [3.63, 3.8) is 0 Å². The molecule has 5 nitrogen and oxygen atoms in total. The van der Waals surface area contributed by atoms with E-state index in [-0.39, 0.29) is 5.91 Å². The van der Waals surface area contributed by atoms with Crippen LogP contribution in [0.4, 0.5) is 0 Å². The van der Waals surface area contributed by atoms with E-state index in [1.54, 1.807) is 12.3 Å². The first-order valence-electron chi connectivity index (χ1n) is 7.95. The highest BCUT2D eigenvalue weighted by Gasteiger charge is 2.20. The molecule has 120 valence electrons. The van der Waals surface area contributed by atoms with Gasteiger partial charge in [0.05, 0.1) is 6.54 Å². The predicted molar refractivity (Wildman–Crippen MR) is 88.2 cm³/mol. The quantitative estimate of drug-likeness (QED) is 0.786. The average Bonchev–Trinajstić information content (AvgIpc) is 3.39. The van der Waals surface area contributed by atoms with Gasteiger partial charge < -0.3 is 15.4 Å². The molecule has 1 aromatic heterocycles. The molecule has 3 rings (SSSR count). The number of pyridine rings is 1. The number of para-hydroxylation sites is 1. The number of nitrogens with zero attached hydrogens (tertiary/aromatic N) is 1. The highest BCUT2D eigenvalue weighted by atomic mass is 16.5. The molecule has 1 amide bonds. The van der Waals surface area contributed by atoms with Gasteiger partial charge in [-0.3, -0.25) is 4.79 Å². The molecule has 0 atom stereocenters. The standard InChI is InChI=1S/C18H21N3O2/c22-17(13-19-10-14-6-7-14)20-11-15-8-9-18(21-12-15)23-16-4-2-1-3-5-16/h1-5,8-9,12,14,19H,6-7,10-11,13H2,(H,20,22). The number of ether oxygens (including phenoxy) is 1. The van der Waals surface area contributed by atoms with E-state index >= 15 is 0 Å². The van der Waals surface area contributed by atoms with Gasteiger partial charge in [0.1, 0.15) is 5.75 Å². The van der Waals surface area contributed by atoms with Crippen molar-refractivity contribution in [3.05, 3.63) is 54.2 Å². The Balaban J connectivity index is 1.41.